The van der Waals surface area contributed by atoms with E-state index in [-0.39, 0.29) is 6.10 Å². The Balaban J connectivity index is 1.92. The normalized spacial score (nSPS) is 19.2. The minimum Gasteiger partial charge on any atom is -0.370 e. The lowest BCUT2D eigenvalue weighted by Gasteiger charge is -2.21. The molecule has 0 radical (unpaired) electrons. The Labute approximate surface area is 130 Å². The fraction of sp³-hybridized carbons (Fsp3) is 0.471. The number of nitrogens with zero attached hydrogens (tertiary/aromatic N) is 1. The maximum Gasteiger partial charge on any atom is 0.134 e. The van der Waals surface area contributed by atoms with Gasteiger partial charge in [-0.1, -0.05) is 37.3 Å². The molecule has 3 rings (SSSR count). The van der Waals surface area contributed by atoms with Crippen molar-refractivity contribution in [3.05, 3.63) is 51.5 Å². The maximum absolute atomic E-state index is 5.72. The molecule has 1 aliphatic rings. The van der Waals surface area contributed by atoms with Crippen LogP contribution in [-0.4, -0.2) is 18.6 Å². The zero-order valence-corrected chi connectivity index (χ0v) is 13.5. The summed E-state index contributed by atoms with van der Waals surface area (Å²) < 4.78 is 5.72. The summed E-state index contributed by atoms with van der Waals surface area (Å²) in [6.07, 6.45) is 3.53. The molecule has 2 atom stereocenters. The average molecular weight is 302 g/mol. The van der Waals surface area contributed by atoms with Gasteiger partial charge in [0.1, 0.15) is 11.1 Å². The lowest BCUT2D eigenvalue weighted by molar-refractivity contribution is 0.136. The van der Waals surface area contributed by atoms with Crippen LogP contribution in [0.3, 0.4) is 0 Å². The molecule has 3 nitrogen and oxygen atoms in total. The molecule has 0 fully saturated rings. The molecule has 1 aromatic carbocycles. The highest BCUT2D eigenvalue weighted by Gasteiger charge is 2.27. The van der Waals surface area contributed by atoms with E-state index in [9.17, 15) is 0 Å². The molecule has 2 aromatic rings. The van der Waals surface area contributed by atoms with Gasteiger partial charge in [-0.2, -0.15) is 0 Å². The number of aryl methyl sites for hydroxylation is 1. The van der Waals surface area contributed by atoms with Gasteiger partial charge < -0.3 is 10.1 Å². The third-order valence-electron chi connectivity index (χ3n) is 3.98. The molecule has 0 saturated carbocycles. The molecule has 0 saturated heterocycles. The number of aromatic nitrogens is 1. The number of thiazole rings is 1. The van der Waals surface area contributed by atoms with Crippen molar-refractivity contribution in [1.82, 2.24) is 10.3 Å². The number of nitrogens with one attached hydrogen (secondary N) is 1. The van der Waals surface area contributed by atoms with E-state index in [1.807, 2.05) is 17.4 Å². The van der Waals surface area contributed by atoms with E-state index in [2.05, 4.69) is 36.5 Å². The first-order valence-corrected chi connectivity index (χ1v) is 8.45. The fourth-order valence-electron chi connectivity index (χ4n) is 3.00. The smallest absolute Gasteiger partial charge is 0.134 e. The number of fused-ring (bicyclic) bond motifs is 1. The molecule has 1 heterocycles. The van der Waals surface area contributed by atoms with Gasteiger partial charge in [0.05, 0.1) is 11.7 Å². The first-order valence-electron chi connectivity index (χ1n) is 7.64. The summed E-state index contributed by atoms with van der Waals surface area (Å²) in [4.78, 5) is 6.36. The van der Waals surface area contributed by atoms with Crippen LogP contribution >= 0.6 is 11.3 Å². The van der Waals surface area contributed by atoms with E-state index >= 15 is 0 Å². The molecule has 21 heavy (non-hydrogen) atoms. The van der Waals surface area contributed by atoms with E-state index in [1.54, 1.807) is 7.11 Å². The summed E-state index contributed by atoms with van der Waals surface area (Å²) >= 11 is 1.82. The minimum atomic E-state index is -0.0518. The van der Waals surface area contributed by atoms with E-state index < -0.39 is 0 Å². The second-order valence-electron chi connectivity index (χ2n) is 5.39. The van der Waals surface area contributed by atoms with Gasteiger partial charge in [-0.3, -0.25) is 0 Å². The Morgan fingerprint density at radius 1 is 1.38 bits per heavy atom. The first kappa shape index (κ1) is 14.7. The predicted molar refractivity (Wildman–Crippen MR) is 86.8 cm³/mol. The van der Waals surface area contributed by atoms with Crippen molar-refractivity contribution in [2.24, 2.45) is 0 Å². The summed E-state index contributed by atoms with van der Waals surface area (Å²) in [5.74, 6) is 0. The molecule has 0 bridgehead atoms. The van der Waals surface area contributed by atoms with Crippen molar-refractivity contribution in [1.29, 1.82) is 0 Å². The molecular weight excluding hydrogens is 280 g/mol. The molecular formula is C17H22N2OS. The molecule has 1 aliphatic carbocycles. The van der Waals surface area contributed by atoms with Crippen LogP contribution in [0.1, 0.15) is 53.1 Å². The van der Waals surface area contributed by atoms with Gasteiger partial charge in [0, 0.05) is 12.0 Å². The topological polar surface area (TPSA) is 34.1 Å². The molecule has 112 valence electrons. The van der Waals surface area contributed by atoms with E-state index in [4.69, 9.17) is 9.72 Å². The predicted octanol–water partition coefficient (Wildman–Crippen LogP) is 3.87. The molecule has 4 heteroatoms. The summed E-state index contributed by atoms with van der Waals surface area (Å²) in [5.41, 5.74) is 2.42. The van der Waals surface area contributed by atoms with Crippen molar-refractivity contribution >= 4 is 11.3 Å². The number of hydrogen-bond acceptors (Lipinski definition) is 4. The van der Waals surface area contributed by atoms with Crippen LogP contribution in [0.25, 0.3) is 0 Å². The van der Waals surface area contributed by atoms with Gasteiger partial charge >= 0.3 is 0 Å². The number of benzene rings is 1. The Hall–Kier alpha value is -1.23. The van der Waals surface area contributed by atoms with Crippen molar-refractivity contribution in [3.63, 3.8) is 0 Å². The van der Waals surface area contributed by atoms with Crippen molar-refractivity contribution < 1.29 is 4.74 Å². The van der Waals surface area contributed by atoms with Crippen LogP contribution < -0.4 is 5.32 Å². The Kier molecular flexibility index (Phi) is 4.68. The van der Waals surface area contributed by atoms with E-state index in [0.29, 0.717) is 6.04 Å². The quantitative estimate of drug-likeness (QED) is 0.910. The third kappa shape index (κ3) is 3.03. The molecule has 0 spiro atoms. The SMILES string of the molecule is CCNC1CCCc2sc(C(OC)c3ccccc3)nc21. The number of methoxy groups -OCH3 is 1. The maximum atomic E-state index is 5.72. The largest absolute Gasteiger partial charge is 0.370 e. The van der Waals surface area contributed by atoms with Gasteiger partial charge in [0.2, 0.25) is 0 Å². The summed E-state index contributed by atoms with van der Waals surface area (Å²) in [6.45, 7) is 3.15. The Bertz CT molecular complexity index is 582. The molecule has 1 aromatic heterocycles. The molecule has 0 aliphatic heterocycles. The van der Waals surface area contributed by atoms with Gasteiger partial charge in [0.15, 0.2) is 0 Å². The highest BCUT2D eigenvalue weighted by molar-refractivity contribution is 7.11. The van der Waals surface area contributed by atoms with Gasteiger partial charge in [-0.05, 0) is 31.4 Å². The summed E-state index contributed by atoms with van der Waals surface area (Å²) in [6, 6.07) is 10.8. The average Bonchev–Trinajstić information content (AvgIpc) is 2.94. The Morgan fingerprint density at radius 2 is 2.19 bits per heavy atom. The number of rotatable bonds is 5. The molecule has 1 N–H and O–H groups in total. The molecule has 2 unspecified atom stereocenters. The van der Waals surface area contributed by atoms with Crippen LogP contribution in [0.2, 0.25) is 0 Å². The van der Waals surface area contributed by atoms with Crippen molar-refractivity contribution in [2.75, 3.05) is 13.7 Å². The van der Waals surface area contributed by atoms with Crippen LogP contribution in [-0.2, 0) is 11.2 Å². The number of ether oxygens (including phenoxy) is 1. The van der Waals surface area contributed by atoms with Gasteiger partial charge in [0.25, 0.3) is 0 Å². The van der Waals surface area contributed by atoms with E-state index in [0.717, 1.165) is 18.0 Å². The zero-order chi connectivity index (χ0) is 14.7. The minimum absolute atomic E-state index is 0.0518. The van der Waals surface area contributed by atoms with Crippen molar-refractivity contribution in [2.45, 2.75) is 38.3 Å². The second-order valence-corrected chi connectivity index (χ2v) is 6.50. The number of hydrogen-bond donors (Lipinski definition) is 1. The zero-order valence-electron chi connectivity index (χ0n) is 12.6. The van der Waals surface area contributed by atoms with Crippen LogP contribution in [0.4, 0.5) is 0 Å². The molecule has 0 amide bonds. The first-order chi connectivity index (χ1) is 10.3. The lowest BCUT2D eigenvalue weighted by Crippen LogP contribution is -2.24. The van der Waals surface area contributed by atoms with Crippen molar-refractivity contribution in [3.8, 4) is 0 Å². The monoisotopic (exact) mass is 302 g/mol. The van der Waals surface area contributed by atoms with E-state index in [1.165, 1.54) is 29.0 Å². The highest BCUT2D eigenvalue weighted by Crippen LogP contribution is 2.37. The van der Waals surface area contributed by atoms with Crippen LogP contribution in [0, 0.1) is 0 Å². The standard InChI is InChI=1S/C17H22N2OS/c1-3-18-13-10-7-11-14-15(13)19-17(21-14)16(20-2)12-8-5-4-6-9-12/h4-6,8-9,13,16,18H,3,7,10-11H2,1-2H3. The van der Waals surface area contributed by atoms with Gasteiger partial charge in [-0.25, -0.2) is 4.98 Å². The third-order valence-corrected chi connectivity index (χ3v) is 5.16. The summed E-state index contributed by atoms with van der Waals surface area (Å²) in [5, 5.41) is 4.64. The van der Waals surface area contributed by atoms with Crippen LogP contribution in [0.5, 0.6) is 0 Å². The van der Waals surface area contributed by atoms with Gasteiger partial charge in [-0.15, -0.1) is 11.3 Å². The second kappa shape index (κ2) is 6.69. The fourth-order valence-corrected chi connectivity index (χ4v) is 4.28. The Morgan fingerprint density at radius 3 is 2.90 bits per heavy atom. The van der Waals surface area contributed by atoms with Crippen LogP contribution in [0.15, 0.2) is 30.3 Å². The highest BCUT2D eigenvalue weighted by atomic mass is 32.1. The summed E-state index contributed by atoms with van der Waals surface area (Å²) in [7, 11) is 1.76. The lowest BCUT2D eigenvalue weighted by atomic mass is 9.97.